The average molecular weight is 239 g/mol. The van der Waals surface area contributed by atoms with E-state index in [-0.39, 0.29) is 11.2 Å². The van der Waals surface area contributed by atoms with Crippen molar-refractivity contribution in [1.82, 2.24) is 0 Å². The van der Waals surface area contributed by atoms with Gasteiger partial charge in [0.05, 0.1) is 11.6 Å². The topological polar surface area (TPSA) is 13.1 Å². The van der Waals surface area contributed by atoms with Gasteiger partial charge in [-0.3, -0.25) is 0 Å². The number of furan rings is 1. The van der Waals surface area contributed by atoms with Crippen molar-refractivity contribution in [3.05, 3.63) is 59.3 Å². The van der Waals surface area contributed by atoms with E-state index >= 15 is 0 Å². The SMILES string of the molecule is Cc1ccoc1C(Cl)Cc1ccccc1F. The van der Waals surface area contributed by atoms with Crippen LogP contribution in [0.4, 0.5) is 4.39 Å². The van der Waals surface area contributed by atoms with Gasteiger partial charge >= 0.3 is 0 Å². The lowest BCUT2D eigenvalue weighted by molar-refractivity contribution is 0.496. The number of benzene rings is 1. The molecule has 0 N–H and O–H groups in total. The van der Waals surface area contributed by atoms with E-state index in [9.17, 15) is 4.39 Å². The minimum Gasteiger partial charge on any atom is -0.467 e. The van der Waals surface area contributed by atoms with Crippen LogP contribution in [0.1, 0.15) is 22.3 Å². The molecule has 0 aliphatic carbocycles. The maximum atomic E-state index is 13.4. The molecule has 1 unspecified atom stereocenters. The second-order valence-corrected chi connectivity index (χ2v) is 4.26. The van der Waals surface area contributed by atoms with Crippen molar-refractivity contribution in [3.63, 3.8) is 0 Å². The van der Waals surface area contributed by atoms with Crippen LogP contribution in [0.25, 0.3) is 0 Å². The van der Waals surface area contributed by atoms with Crippen LogP contribution in [0.15, 0.2) is 41.0 Å². The number of aryl methyl sites for hydroxylation is 1. The molecule has 0 radical (unpaired) electrons. The standard InChI is InChI=1S/C13H12ClFO/c1-9-6-7-16-13(9)11(14)8-10-4-2-3-5-12(10)15/h2-7,11H,8H2,1H3. The van der Waals surface area contributed by atoms with E-state index in [4.69, 9.17) is 16.0 Å². The molecule has 1 atom stereocenters. The molecule has 0 fully saturated rings. The zero-order valence-corrected chi connectivity index (χ0v) is 9.67. The molecule has 0 saturated carbocycles. The number of alkyl halides is 1. The number of rotatable bonds is 3. The van der Waals surface area contributed by atoms with Crippen LogP contribution >= 0.6 is 11.6 Å². The Hall–Kier alpha value is -1.28. The van der Waals surface area contributed by atoms with Gasteiger partial charge in [0.1, 0.15) is 11.6 Å². The minimum absolute atomic E-state index is 0.225. The molecule has 1 aromatic heterocycles. The third kappa shape index (κ3) is 2.27. The van der Waals surface area contributed by atoms with Gasteiger partial charge in [-0.2, -0.15) is 0 Å². The van der Waals surface area contributed by atoms with Gasteiger partial charge in [0.2, 0.25) is 0 Å². The predicted octanol–water partition coefficient (Wildman–Crippen LogP) is 4.25. The molecule has 1 nitrogen and oxygen atoms in total. The molecule has 0 amide bonds. The van der Waals surface area contributed by atoms with Gasteiger partial charge in [-0.05, 0) is 36.6 Å². The van der Waals surface area contributed by atoms with Gasteiger partial charge in [-0.25, -0.2) is 4.39 Å². The van der Waals surface area contributed by atoms with Crippen LogP contribution < -0.4 is 0 Å². The van der Waals surface area contributed by atoms with Gasteiger partial charge in [0.25, 0.3) is 0 Å². The lowest BCUT2D eigenvalue weighted by atomic mass is 10.1. The van der Waals surface area contributed by atoms with Crippen LogP contribution in [0.5, 0.6) is 0 Å². The highest BCUT2D eigenvalue weighted by Gasteiger charge is 2.16. The Morgan fingerprint density at radius 1 is 1.31 bits per heavy atom. The fraction of sp³-hybridized carbons (Fsp3) is 0.231. The highest BCUT2D eigenvalue weighted by Crippen LogP contribution is 2.28. The first-order valence-corrected chi connectivity index (χ1v) is 5.53. The van der Waals surface area contributed by atoms with Crippen LogP contribution in [-0.2, 0) is 6.42 Å². The molecule has 84 valence electrons. The van der Waals surface area contributed by atoms with Gasteiger partial charge < -0.3 is 4.42 Å². The molecule has 0 aliphatic heterocycles. The summed E-state index contributed by atoms with van der Waals surface area (Å²) in [6.07, 6.45) is 2.03. The van der Waals surface area contributed by atoms with Crippen molar-refractivity contribution >= 4 is 11.6 Å². The Balaban J connectivity index is 2.17. The zero-order valence-electron chi connectivity index (χ0n) is 8.91. The van der Waals surface area contributed by atoms with Crippen LogP contribution in [0, 0.1) is 12.7 Å². The Kier molecular flexibility index (Phi) is 3.30. The molecule has 3 heteroatoms. The third-order valence-electron chi connectivity index (χ3n) is 2.54. The largest absolute Gasteiger partial charge is 0.467 e. The zero-order chi connectivity index (χ0) is 11.5. The predicted molar refractivity (Wildman–Crippen MR) is 62.1 cm³/mol. The van der Waals surface area contributed by atoms with Crippen LogP contribution in [0.2, 0.25) is 0 Å². The van der Waals surface area contributed by atoms with Gasteiger partial charge in [-0.1, -0.05) is 18.2 Å². The van der Waals surface area contributed by atoms with E-state index in [0.717, 1.165) is 5.56 Å². The monoisotopic (exact) mass is 238 g/mol. The summed E-state index contributed by atoms with van der Waals surface area (Å²) in [5.74, 6) is 0.488. The van der Waals surface area contributed by atoms with Crippen LogP contribution in [-0.4, -0.2) is 0 Å². The van der Waals surface area contributed by atoms with Crippen molar-refractivity contribution in [1.29, 1.82) is 0 Å². The van der Waals surface area contributed by atoms with Crippen molar-refractivity contribution in [3.8, 4) is 0 Å². The van der Waals surface area contributed by atoms with Gasteiger partial charge in [0.15, 0.2) is 0 Å². The first kappa shape index (κ1) is 11.2. The summed E-state index contributed by atoms with van der Waals surface area (Å²) in [7, 11) is 0. The normalized spacial score (nSPS) is 12.7. The van der Waals surface area contributed by atoms with E-state index in [1.54, 1.807) is 24.5 Å². The van der Waals surface area contributed by atoms with Crippen molar-refractivity contribution in [2.45, 2.75) is 18.7 Å². The number of halogens is 2. The van der Waals surface area contributed by atoms with E-state index < -0.39 is 0 Å². The van der Waals surface area contributed by atoms with Gasteiger partial charge in [-0.15, -0.1) is 11.6 Å². The quantitative estimate of drug-likeness (QED) is 0.729. The lowest BCUT2D eigenvalue weighted by Gasteiger charge is -2.08. The Morgan fingerprint density at radius 3 is 2.69 bits per heavy atom. The number of hydrogen-bond acceptors (Lipinski definition) is 1. The first-order valence-electron chi connectivity index (χ1n) is 5.10. The molecule has 0 bridgehead atoms. The molecule has 1 heterocycles. The van der Waals surface area contributed by atoms with E-state index in [2.05, 4.69) is 0 Å². The summed E-state index contributed by atoms with van der Waals surface area (Å²) in [6.45, 7) is 1.93. The molecule has 2 rings (SSSR count). The number of hydrogen-bond donors (Lipinski definition) is 0. The van der Waals surface area contributed by atoms with E-state index in [0.29, 0.717) is 17.7 Å². The summed E-state index contributed by atoms with van der Waals surface area (Å²) in [6, 6.07) is 8.50. The molecule has 1 aromatic carbocycles. The summed E-state index contributed by atoms with van der Waals surface area (Å²) >= 11 is 6.20. The fourth-order valence-electron chi connectivity index (χ4n) is 1.66. The molecule has 16 heavy (non-hydrogen) atoms. The molecule has 0 aliphatic rings. The smallest absolute Gasteiger partial charge is 0.126 e. The summed E-state index contributed by atoms with van der Waals surface area (Å²) in [5.41, 5.74) is 1.61. The Labute approximate surface area is 98.8 Å². The fourth-order valence-corrected chi connectivity index (χ4v) is 2.04. The second-order valence-electron chi connectivity index (χ2n) is 3.73. The Morgan fingerprint density at radius 2 is 2.06 bits per heavy atom. The lowest BCUT2D eigenvalue weighted by Crippen LogP contribution is -1.98. The maximum Gasteiger partial charge on any atom is 0.126 e. The molecular weight excluding hydrogens is 227 g/mol. The Bertz CT molecular complexity index is 478. The third-order valence-corrected chi connectivity index (χ3v) is 2.90. The molecule has 0 spiro atoms. The highest BCUT2D eigenvalue weighted by molar-refractivity contribution is 6.20. The average Bonchev–Trinajstić information content (AvgIpc) is 2.68. The van der Waals surface area contributed by atoms with Crippen molar-refractivity contribution < 1.29 is 8.81 Å². The summed E-state index contributed by atoms with van der Waals surface area (Å²) in [4.78, 5) is 0. The van der Waals surface area contributed by atoms with E-state index in [1.165, 1.54) is 6.07 Å². The van der Waals surface area contributed by atoms with E-state index in [1.807, 2.05) is 13.0 Å². The molecule has 0 saturated heterocycles. The maximum absolute atomic E-state index is 13.4. The molecule has 2 aromatic rings. The highest BCUT2D eigenvalue weighted by atomic mass is 35.5. The van der Waals surface area contributed by atoms with Gasteiger partial charge in [0, 0.05) is 0 Å². The minimum atomic E-state index is -0.327. The van der Waals surface area contributed by atoms with Crippen molar-refractivity contribution in [2.75, 3.05) is 0 Å². The first-order chi connectivity index (χ1) is 7.68. The molecular formula is C13H12ClFO. The second kappa shape index (κ2) is 4.71. The van der Waals surface area contributed by atoms with Crippen molar-refractivity contribution in [2.24, 2.45) is 0 Å². The summed E-state index contributed by atoms with van der Waals surface area (Å²) in [5, 5.41) is -0.327. The summed E-state index contributed by atoms with van der Waals surface area (Å²) < 4.78 is 18.7. The van der Waals surface area contributed by atoms with Crippen LogP contribution in [0.3, 0.4) is 0 Å².